The predicted molar refractivity (Wildman–Crippen MR) is 83.7 cm³/mol. The smallest absolute Gasteiger partial charge is 0.229 e. The number of furan rings is 1. The Hall–Kier alpha value is -1.18. The number of halogens is 2. The molecular weight excluding hydrogens is 368 g/mol. The Bertz CT molecular complexity index is 715. The standard InChI is InChI=1S/C12H12BrClN2O3S/c1-20(17,18)16-8-2-4-10(14)11(6-8)15-7-9-3-5-12(13)19-9/h2-6,15-16H,7H2,1H3. The van der Waals surface area contributed by atoms with Crippen LogP contribution in [0.25, 0.3) is 0 Å². The highest BCUT2D eigenvalue weighted by atomic mass is 79.9. The maximum absolute atomic E-state index is 11.2. The Kier molecular flexibility index (Phi) is 4.62. The third-order valence-corrected chi connectivity index (χ3v) is 3.71. The SMILES string of the molecule is CS(=O)(=O)Nc1ccc(Cl)c(NCc2ccc(Br)o2)c1. The minimum atomic E-state index is -3.32. The molecule has 20 heavy (non-hydrogen) atoms. The molecule has 2 N–H and O–H groups in total. The Morgan fingerprint density at radius 3 is 2.65 bits per heavy atom. The summed E-state index contributed by atoms with van der Waals surface area (Å²) in [4.78, 5) is 0. The minimum Gasteiger partial charge on any atom is -0.452 e. The summed E-state index contributed by atoms with van der Waals surface area (Å²) < 4.78 is 30.8. The normalized spacial score (nSPS) is 11.3. The average molecular weight is 380 g/mol. The number of sulfonamides is 1. The van der Waals surface area contributed by atoms with Gasteiger partial charge < -0.3 is 9.73 Å². The van der Waals surface area contributed by atoms with Crippen LogP contribution in [0, 0.1) is 0 Å². The van der Waals surface area contributed by atoms with Crippen molar-refractivity contribution < 1.29 is 12.8 Å². The lowest BCUT2D eigenvalue weighted by atomic mass is 10.3. The van der Waals surface area contributed by atoms with E-state index in [1.54, 1.807) is 24.3 Å². The predicted octanol–water partition coefficient (Wildman–Crippen LogP) is 3.68. The van der Waals surface area contributed by atoms with Crippen molar-refractivity contribution in [2.24, 2.45) is 0 Å². The molecular formula is C12H12BrClN2O3S. The van der Waals surface area contributed by atoms with Crippen LogP contribution in [-0.2, 0) is 16.6 Å². The van der Waals surface area contributed by atoms with Gasteiger partial charge in [0, 0.05) is 0 Å². The summed E-state index contributed by atoms with van der Waals surface area (Å²) in [5.74, 6) is 0.731. The second-order valence-corrected chi connectivity index (χ2v) is 7.07. The molecule has 0 amide bonds. The summed E-state index contributed by atoms with van der Waals surface area (Å²) in [6.45, 7) is 0.438. The first-order valence-electron chi connectivity index (χ1n) is 5.59. The van der Waals surface area contributed by atoms with Crippen molar-refractivity contribution in [1.82, 2.24) is 0 Å². The minimum absolute atomic E-state index is 0.438. The van der Waals surface area contributed by atoms with Crippen molar-refractivity contribution in [3.05, 3.63) is 45.8 Å². The summed E-state index contributed by atoms with van der Waals surface area (Å²) in [5, 5.41) is 3.58. The van der Waals surface area contributed by atoms with Gasteiger partial charge in [-0.2, -0.15) is 0 Å². The summed E-state index contributed by atoms with van der Waals surface area (Å²) >= 11 is 9.28. The quantitative estimate of drug-likeness (QED) is 0.831. The van der Waals surface area contributed by atoms with Gasteiger partial charge in [0.2, 0.25) is 10.0 Å². The molecule has 1 heterocycles. The molecule has 2 aromatic rings. The Labute approximate surface area is 130 Å². The van der Waals surface area contributed by atoms with E-state index in [4.69, 9.17) is 16.0 Å². The fourth-order valence-electron chi connectivity index (χ4n) is 1.57. The van der Waals surface area contributed by atoms with E-state index in [-0.39, 0.29) is 0 Å². The molecule has 1 aromatic carbocycles. The highest BCUT2D eigenvalue weighted by molar-refractivity contribution is 9.10. The Balaban J connectivity index is 2.12. The summed E-state index contributed by atoms with van der Waals surface area (Å²) in [6.07, 6.45) is 1.09. The number of hydrogen-bond donors (Lipinski definition) is 2. The first kappa shape index (κ1) is 15.2. The van der Waals surface area contributed by atoms with Crippen molar-refractivity contribution in [3.8, 4) is 0 Å². The first-order valence-corrected chi connectivity index (χ1v) is 8.65. The molecule has 1 aromatic heterocycles. The Morgan fingerprint density at radius 2 is 2.05 bits per heavy atom. The lowest BCUT2D eigenvalue weighted by Gasteiger charge is -2.10. The number of anilines is 2. The van der Waals surface area contributed by atoms with E-state index >= 15 is 0 Å². The van der Waals surface area contributed by atoms with Gasteiger partial charge in [-0.25, -0.2) is 8.42 Å². The van der Waals surface area contributed by atoms with Crippen LogP contribution in [0.1, 0.15) is 5.76 Å². The van der Waals surface area contributed by atoms with E-state index in [0.29, 0.717) is 27.6 Å². The molecule has 108 valence electrons. The summed E-state index contributed by atoms with van der Waals surface area (Å²) in [7, 11) is -3.32. The van der Waals surface area contributed by atoms with Gasteiger partial charge in [0.05, 0.1) is 29.2 Å². The molecule has 0 spiro atoms. The van der Waals surface area contributed by atoms with Crippen LogP contribution in [0.3, 0.4) is 0 Å². The van der Waals surface area contributed by atoms with Crippen molar-refractivity contribution in [3.63, 3.8) is 0 Å². The maximum atomic E-state index is 11.2. The molecule has 0 aliphatic heterocycles. The largest absolute Gasteiger partial charge is 0.452 e. The van der Waals surface area contributed by atoms with Crippen LogP contribution >= 0.6 is 27.5 Å². The van der Waals surface area contributed by atoms with Gasteiger partial charge in [-0.05, 0) is 46.3 Å². The molecule has 8 heteroatoms. The second kappa shape index (κ2) is 6.07. The zero-order chi connectivity index (χ0) is 14.8. The lowest BCUT2D eigenvalue weighted by molar-refractivity contribution is 0.495. The topological polar surface area (TPSA) is 71.3 Å². The second-order valence-electron chi connectivity index (χ2n) is 4.13. The van der Waals surface area contributed by atoms with Crippen LogP contribution in [0.2, 0.25) is 5.02 Å². The first-order chi connectivity index (χ1) is 9.33. The van der Waals surface area contributed by atoms with Gasteiger partial charge in [0.1, 0.15) is 5.76 Å². The van der Waals surface area contributed by atoms with Crippen LogP contribution in [0.15, 0.2) is 39.4 Å². The average Bonchev–Trinajstić information content (AvgIpc) is 2.74. The van der Waals surface area contributed by atoms with Gasteiger partial charge in [-0.1, -0.05) is 11.6 Å². The van der Waals surface area contributed by atoms with E-state index in [1.165, 1.54) is 0 Å². The van der Waals surface area contributed by atoms with Crippen LogP contribution < -0.4 is 10.0 Å². The zero-order valence-corrected chi connectivity index (χ0v) is 13.6. The molecule has 0 radical (unpaired) electrons. The molecule has 0 bridgehead atoms. The van der Waals surface area contributed by atoms with E-state index in [2.05, 4.69) is 26.0 Å². The zero-order valence-electron chi connectivity index (χ0n) is 10.5. The van der Waals surface area contributed by atoms with Crippen molar-refractivity contribution in [2.75, 3.05) is 16.3 Å². The number of rotatable bonds is 5. The van der Waals surface area contributed by atoms with Crippen molar-refractivity contribution in [1.29, 1.82) is 0 Å². The summed E-state index contributed by atoms with van der Waals surface area (Å²) in [6, 6.07) is 8.46. The summed E-state index contributed by atoms with van der Waals surface area (Å²) in [5.41, 5.74) is 1.06. The van der Waals surface area contributed by atoms with Crippen molar-refractivity contribution >= 4 is 48.9 Å². The highest BCUT2D eigenvalue weighted by Crippen LogP contribution is 2.27. The lowest BCUT2D eigenvalue weighted by Crippen LogP contribution is -2.10. The van der Waals surface area contributed by atoms with E-state index in [9.17, 15) is 8.42 Å². The van der Waals surface area contributed by atoms with Crippen LogP contribution in [0.5, 0.6) is 0 Å². The van der Waals surface area contributed by atoms with Gasteiger partial charge in [-0.3, -0.25) is 4.72 Å². The van der Waals surface area contributed by atoms with Crippen LogP contribution in [-0.4, -0.2) is 14.7 Å². The van der Waals surface area contributed by atoms with Gasteiger partial charge in [0.25, 0.3) is 0 Å². The van der Waals surface area contributed by atoms with Crippen LogP contribution in [0.4, 0.5) is 11.4 Å². The van der Waals surface area contributed by atoms with E-state index in [1.807, 2.05) is 6.07 Å². The Morgan fingerprint density at radius 1 is 1.30 bits per heavy atom. The fourth-order valence-corrected chi connectivity index (χ4v) is 2.65. The maximum Gasteiger partial charge on any atom is 0.229 e. The number of benzene rings is 1. The molecule has 2 rings (SSSR count). The number of hydrogen-bond acceptors (Lipinski definition) is 4. The number of nitrogens with one attached hydrogen (secondary N) is 2. The van der Waals surface area contributed by atoms with Gasteiger partial charge >= 0.3 is 0 Å². The van der Waals surface area contributed by atoms with Crippen molar-refractivity contribution in [2.45, 2.75) is 6.54 Å². The monoisotopic (exact) mass is 378 g/mol. The molecule has 5 nitrogen and oxygen atoms in total. The molecule has 0 fully saturated rings. The molecule has 0 saturated carbocycles. The van der Waals surface area contributed by atoms with E-state index < -0.39 is 10.0 Å². The molecule has 0 unspecified atom stereocenters. The fraction of sp³-hybridized carbons (Fsp3) is 0.167. The van der Waals surface area contributed by atoms with Gasteiger partial charge in [-0.15, -0.1) is 0 Å². The third kappa shape index (κ3) is 4.43. The highest BCUT2D eigenvalue weighted by Gasteiger charge is 2.07. The third-order valence-electron chi connectivity index (χ3n) is 2.35. The molecule has 0 saturated heterocycles. The molecule has 0 aliphatic carbocycles. The van der Waals surface area contributed by atoms with Gasteiger partial charge in [0.15, 0.2) is 4.67 Å². The molecule has 0 atom stereocenters. The molecule has 0 aliphatic rings. The van der Waals surface area contributed by atoms with E-state index in [0.717, 1.165) is 12.0 Å².